The van der Waals surface area contributed by atoms with Crippen molar-refractivity contribution in [2.45, 2.75) is 12.5 Å². The topological polar surface area (TPSA) is 63.2 Å². The molecule has 0 spiro atoms. The molecule has 1 aromatic rings. The molecule has 1 unspecified atom stereocenters. The molecule has 15 heavy (non-hydrogen) atoms. The number of hydrogen-bond donors (Lipinski definition) is 2. The molecule has 1 aromatic heterocycles. The fourth-order valence-electron chi connectivity index (χ4n) is 1.45. The third kappa shape index (κ3) is 2.07. The van der Waals surface area contributed by atoms with Crippen LogP contribution in [0.15, 0.2) is 18.3 Å². The van der Waals surface area contributed by atoms with E-state index in [4.69, 9.17) is 4.74 Å². The SMILES string of the molecule is CNCCC1Oc2cccnc2NC1=O. The molecule has 0 fully saturated rings. The molecule has 80 valence electrons. The number of hydrogen-bond acceptors (Lipinski definition) is 4. The predicted octanol–water partition coefficient (Wildman–Crippen LogP) is 0.391. The van der Waals surface area contributed by atoms with Gasteiger partial charge in [-0.25, -0.2) is 4.98 Å². The Bertz CT molecular complexity index is 367. The summed E-state index contributed by atoms with van der Waals surface area (Å²) in [5, 5.41) is 5.70. The largest absolute Gasteiger partial charge is 0.477 e. The van der Waals surface area contributed by atoms with E-state index in [9.17, 15) is 4.79 Å². The second-order valence-electron chi connectivity index (χ2n) is 3.34. The standard InChI is InChI=1S/C10H13N3O2/c1-11-6-4-8-10(14)13-9-7(15-8)3-2-5-12-9/h2-3,5,8,11H,4,6H2,1H3,(H,12,13,14). The van der Waals surface area contributed by atoms with Gasteiger partial charge >= 0.3 is 0 Å². The van der Waals surface area contributed by atoms with Crippen molar-refractivity contribution in [1.29, 1.82) is 0 Å². The minimum absolute atomic E-state index is 0.128. The van der Waals surface area contributed by atoms with Crippen molar-refractivity contribution in [2.75, 3.05) is 18.9 Å². The van der Waals surface area contributed by atoms with Crippen LogP contribution in [0.25, 0.3) is 0 Å². The van der Waals surface area contributed by atoms with Gasteiger partial charge in [0.15, 0.2) is 17.7 Å². The van der Waals surface area contributed by atoms with Crippen LogP contribution >= 0.6 is 0 Å². The van der Waals surface area contributed by atoms with Gasteiger partial charge in [-0.05, 0) is 25.7 Å². The summed E-state index contributed by atoms with van der Waals surface area (Å²) in [6.07, 6.45) is 1.85. The zero-order valence-corrected chi connectivity index (χ0v) is 8.49. The van der Waals surface area contributed by atoms with Gasteiger partial charge in [-0.3, -0.25) is 4.79 Å². The summed E-state index contributed by atoms with van der Waals surface area (Å²) >= 11 is 0. The molecule has 5 nitrogen and oxygen atoms in total. The first-order valence-electron chi connectivity index (χ1n) is 4.88. The van der Waals surface area contributed by atoms with Gasteiger partial charge in [0.25, 0.3) is 5.91 Å². The number of anilines is 1. The summed E-state index contributed by atoms with van der Waals surface area (Å²) in [7, 11) is 1.84. The van der Waals surface area contributed by atoms with Gasteiger partial charge in [0.2, 0.25) is 0 Å². The highest BCUT2D eigenvalue weighted by Gasteiger charge is 2.27. The first-order chi connectivity index (χ1) is 7.31. The summed E-state index contributed by atoms with van der Waals surface area (Å²) < 4.78 is 5.53. The first kappa shape index (κ1) is 9.92. The van der Waals surface area contributed by atoms with Crippen LogP contribution in [0.2, 0.25) is 0 Å². The molecular weight excluding hydrogens is 194 g/mol. The molecule has 0 aliphatic carbocycles. The molecule has 1 atom stereocenters. The van der Waals surface area contributed by atoms with Crippen LogP contribution in [0.4, 0.5) is 5.82 Å². The average Bonchev–Trinajstić information content (AvgIpc) is 2.26. The average molecular weight is 207 g/mol. The van der Waals surface area contributed by atoms with Gasteiger partial charge in [-0.1, -0.05) is 0 Å². The van der Waals surface area contributed by atoms with Crippen LogP contribution in [-0.4, -0.2) is 30.6 Å². The highest BCUT2D eigenvalue weighted by Crippen LogP contribution is 2.26. The van der Waals surface area contributed by atoms with Crippen molar-refractivity contribution in [3.05, 3.63) is 18.3 Å². The van der Waals surface area contributed by atoms with Gasteiger partial charge in [0, 0.05) is 12.6 Å². The van der Waals surface area contributed by atoms with E-state index < -0.39 is 6.10 Å². The van der Waals surface area contributed by atoms with E-state index in [1.54, 1.807) is 18.3 Å². The predicted molar refractivity (Wildman–Crippen MR) is 55.8 cm³/mol. The van der Waals surface area contributed by atoms with Crippen LogP contribution in [0.1, 0.15) is 6.42 Å². The summed E-state index contributed by atoms with van der Waals surface area (Å²) in [4.78, 5) is 15.6. The minimum Gasteiger partial charge on any atom is -0.477 e. The molecule has 1 aliphatic rings. The van der Waals surface area contributed by atoms with Crippen LogP contribution < -0.4 is 15.4 Å². The van der Waals surface area contributed by atoms with Crippen molar-refractivity contribution >= 4 is 11.7 Å². The second-order valence-corrected chi connectivity index (χ2v) is 3.34. The molecule has 2 heterocycles. The van der Waals surface area contributed by atoms with Gasteiger partial charge in [0.1, 0.15) is 0 Å². The Morgan fingerprint density at radius 3 is 3.33 bits per heavy atom. The quantitative estimate of drug-likeness (QED) is 0.752. The Kier molecular flexibility index (Phi) is 2.82. The van der Waals surface area contributed by atoms with Crippen molar-refractivity contribution in [3.8, 4) is 5.75 Å². The maximum absolute atomic E-state index is 11.6. The van der Waals surface area contributed by atoms with Crippen molar-refractivity contribution < 1.29 is 9.53 Å². The van der Waals surface area contributed by atoms with Crippen LogP contribution in [0, 0.1) is 0 Å². The van der Waals surface area contributed by atoms with E-state index in [1.165, 1.54) is 0 Å². The van der Waals surface area contributed by atoms with E-state index in [0.717, 1.165) is 6.54 Å². The molecule has 1 aliphatic heterocycles. The zero-order chi connectivity index (χ0) is 10.7. The highest BCUT2D eigenvalue weighted by atomic mass is 16.5. The normalized spacial score (nSPS) is 19.0. The fraction of sp³-hybridized carbons (Fsp3) is 0.400. The Hall–Kier alpha value is -1.62. The van der Waals surface area contributed by atoms with Crippen LogP contribution in [0.3, 0.4) is 0 Å². The van der Waals surface area contributed by atoms with E-state index in [1.807, 2.05) is 7.05 Å². The highest BCUT2D eigenvalue weighted by molar-refractivity contribution is 5.96. The van der Waals surface area contributed by atoms with E-state index in [2.05, 4.69) is 15.6 Å². The molecule has 2 rings (SSSR count). The van der Waals surface area contributed by atoms with Crippen molar-refractivity contribution in [3.63, 3.8) is 0 Å². The number of nitrogens with one attached hydrogen (secondary N) is 2. The number of carbonyl (C=O) groups is 1. The fourth-order valence-corrected chi connectivity index (χ4v) is 1.45. The van der Waals surface area contributed by atoms with Crippen LogP contribution in [-0.2, 0) is 4.79 Å². The van der Waals surface area contributed by atoms with Gasteiger partial charge in [0.05, 0.1) is 0 Å². The molecular formula is C10H13N3O2. The van der Waals surface area contributed by atoms with Crippen molar-refractivity contribution in [1.82, 2.24) is 10.3 Å². The summed E-state index contributed by atoms with van der Waals surface area (Å²) in [5.41, 5.74) is 0. The maximum Gasteiger partial charge on any atom is 0.266 e. The lowest BCUT2D eigenvalue weighted by Crippen LogP contribution is -2.39. The number of aromatic nitrogens is 1. The number of ether oxygens (including phenoxy) is 1. The Morgan fingerprint density at radius 1 is 1.67 bits per heavy atom. The lowest BCUT2D eigenvalue weighted by atomic mass is 10.2. The Labute approximate surface area is 87.8 Å². The third-order valence-corrected chi connectivity index (χ3v) is 2.23. The van der Waals surface area contributed by atoms with E-state index >= 15 is 0 Å². The number of amides is 1. The van der Waals surface area contributed by atoms with Gasteiger partial charge in [-0.15, -0.1) is 0 Å². The molecule has 2 N–H and O–H groups in total. The number of rotatable bonds is 3. The maximum atomic E-state index is 11.6. The Balaban J connectivity index is 2.11. The molecule has 0 saturated heterocycles. The number of fused-ring (bicyclic) bond motifs is 1. The molecule has 1 amide bonds. The summed E-state index contributed by atoms with van der Waals surface area (Å²) in [5.74, 6) is 1.01. The zero-order valence-electron chi connectivity index (χ0n) is 8.49. The lowest BCUT2D eigenvalue weighted by molar-refractivity contribution is -0.123. The molecule has 0 radical (unpaired) electrons. The van der Waals surface area contributed by atoms with Crippen molar-refractivity contribution in [2.24, 2.45) is 0 Å². The molecule has 0 saturated carbocycles. The summed E-state index contributed by atoms with van der Waals surface area (Å²) in [6.45, 7) is 0.744. The first-order valence-corrected chi connectivity index (χ1v) is 4.88. The lowest BCUT2D eigenvalue weighted by Gasteiger charge is -2.24. The van der Waals surface area contributed by atoms with Gasteiger partial charge < -0.3 is 15.4 Å². The second kappa shape index (κ2) is 4.27. The monoisotopic (exact) mass is 207 g/mol. The molecule has 0 aromatic carbocycles. The third-order valence-electron chi connectivity index (χ3n) is 2.23. The van der Waals surface area contributed by atoms with E-state index in [0.29, 0.717) is 18.0 Å². The van der Waals surface area contributed by atoms with Gasteiger partial charge in [-0.2, -0.15) is 0 Å². The number of nitrogens with zero attached hydrogens (tertiary/aromatic N) is 1. The smallest absolute Gasteiger partial charge is 0.266 e. The Morgan fingerprint density at radius 2 is 2.53 bits per heavy atom. The number of pyridine rings is 1. The molecule has 0 bridgehead atoms. The number of carbonyl (C=O) groups excluding carboxylic acids is 1. The summed E-state index contributed by atoms with van der Waals surface area (Å²) in [6, 6.07) is 3.58. The minimum atomic E-state index is -0.422. The van der Waals surface area contributed by atoms with Crippen LogP contribution in [0.5, 0.6) is 5.75 Å². The molecule has 5 heteroatoms. The van der Waals surface area contributed by atoms with E-state index in [-0.39, 0.29) is 5.91 Å².